The number of aryl methyl sites for hydroxylation is 1. The summed E-state index contributed by atoms with van der Waals surface area (Å²) in [4.78, 5) is 9.90. The predicted molar refractivity (Wildman–Crippen MR) is 113 cm³/mol. The molecular formula is C23H18N2S. The van der Waals surface area contributed by atoms with E-state index in [0.29, 0.717) is 0 Å². The number of aromatic nitrogens is 2. The van der Waals surface area contributed by atoms with Crippen LogP contribution in [0, 0.1) is 6.92 Å². The number of benzene rings is 4. The quantitative estimate of drug-likeness (QED) is 0.287. The van der Waals surface area contributed by atoms with E-state index in [1.165, 1.54) is 37.6 Å². The summed E-state index contributed by atoms with van der Waals surface area (Å²) < 4.78 is 0. The minimum atomic E-state index is 0.940. The fourth-order valence-electron chi connectivity index (χ4n) is 3.73. The lowest BCUT2D eigenvalue weighted by Crippen LogP contribution is -1.86. The van der Waals surface area contributed by atoms with Crippen molar-refractivity contribution in [2.75, 3.05) is 6.26 Å². The van der Waals surface area contributed by atoms with Crippen molar-refractivity contribution in [3.8, 4) is 11.4 Å². The minimum absolute atomic E-state index is 0.940. The van der Waals surface area contributed by atoms with E-state index in [0.717, 1.165) is 16.9 Å². The van der Waals surface area contributed by atoms with Crippen molar-refractivity contribution in [3.05, 3.63) is 72.3 Å². The molecular weight excluding hydrogens is 336 g/mol. The summed E-state index contributed by atoms with van der Waals surface area (Å²) >= 11 is 1.76. The Hall–Kier alpha value is -2.78. The third kappa shape index (κ3) is 2.24. The molecule has 0 fully saturated rings. The first-order valence-corrected chi connectivity index (χ1v) is 9.93. The molecule has 5 aromatic rings. The van der Waals surface area contributed by atoms with E-state index in [4.69, 9.17) is 4.98 Å². The molecule has 0 saturated carbocycles. The summed E-state index contributed by atoms with van der Waals surface area (Å²) in [7, 11) is 0. The van der Waals surface area contributed by atoms with Gasteiger partial charge in [-0.2, -0.15) is 0 Å². The molecule has 0 aliphatic carbocycles. The zero-order valence-electron chi connectivity index (χ0n) is 14.7. The topological polar surface area (TPSA) is 28.7 Å². The molecule has 0 radical (unpaired) electrons. The Morgan fingerprint density at radius 2 is 1.46 bits per heavy atom. The van der Waals surface area contributed by atoms with Gasteiger partial charge in [-0.25, -0.2) is 4.98 Å². The van der Waals surface area contributed by atoms with Crippen LogP contribution in [0.25, 0.3) is 44.0 Å². The number of H-pyrrole nitrogens is 1. The average Bonchev–Trinajstić information content (AvgIpc) is 3.14. The van der Waals surface area contributed by atoms with E-state index in [2.05, 4.69) is 84.9 Å². The molecule has 0 aliphatic rings. The van der Waals surface area contributed by atoms with Gasteiger partial charge in [0.2, 0.25) is 0 Å². The molecule has 1 heterocycles. The van der Waals surface area contributed by atoms with Crippen molar-refractivity contribution in [1.82, 2.24) is 9.97 Å². The molecule has 0 bridgehead atoms. The van der Waals surface area contributed by atoms with Gasteiger partial charge in [-0.15, -0.1) is 11.8 Å². The minimum Gasteiger partial charge on any atom is -0.337 e. The van der Waals surface area contributed by atoms with Gasteiger partial charge in [0.25, 0.3) is 0 Å². The lowest BCUT2D eigenvalue weighted by molar-refractivity contribution is 1.28. The van der Waals surface area contributed by atoms with Crippen molar-refractivity contribution in [2.24, 2.45) is 0 Å². The average molecular weight is 354 g/mol. The van der Waals surface area contributed by atoms with Crippen molar-refractivity contribution < 1.29 is 0 Å². The Morgan fingerprint density at radius 3 is 2.19 bits per heavy atom. The van der Waals surface area contributed by atoms with Crippen LogP contribution in [0.4, 0.5) is 0 Å². The molecule has 0 spiro atoms. The van der Waals surface area contributed by atoms with E-state index in [9.17, 15) is 0 Å². The molecule has 1 N–H and O–H groups in total. The summed E-state index contributed by atoms with van der Waals surface area (Å²) in [5, 5.41) is 4.93. The summed E-state index contributed by atoms with van der Waals surface area (Å²) in [5.74, 6) is 0.940. The van der Waals surface area contributed by atoms with Gasteiger partial charge in [-0.1, -0.05) is 54.6 Å². The number of imidazole rings is 1. The van der Waals surface area contributed by atoms with E-state index in [-0.39, 0.29) is 0 Å². The molecule has 0 aliphatic heterocycles. The molecule has 0 amide bonds. The molecule has 1 aromatic heterocycles. The van der Waals surface area contributed by atoms with E-state index < -0.39 is 0 Å². The zero-order valence-corrected chi connectivity index (χ0v) is 15.5. The smallest absolute Gasteiger partial charge is 0.138 e. The number of nitrogens with one attached hydrogen (secondary N) is 1. The molecule has 2 nitrogen and oxygen atoms in total. The molecule has 5 rings (SSSR count). The number of fused-ring (bicyclic) bond motifs is 6. The summed E-state index contributed by atoms with van der Waals surface area (Å²) in [5.41, 5.74) is 4.56. The second-order valence-electron chi connectivity index (χ2n) is 6.58. The zero-order chi connectivity index (χ0) is 17.7. The Balaban J connectivity index is 1.91. The molecule has 0 atom stereocenters. The second kappa shape index (κ2) is 5.89. The highest BCUT2D eigenvalue weighted by Gasteiger charge is 2.14. The van der Waals surface area contributed by atoms with E-state index in [1.54, 1.807) is 11.8 Å². The van der Waals surface area contributed by atoms with E-state index >= 15 is 0 Å². The summed E-state index contributed by atoms with van der Waals surface area (Å²) in [6, 6.07) is 23.7. The molecule has 3 heteroatoms. The lowest BCUT2D eigenvalue weighted by atomic mass is 10.0. The number of nitrogens with zero attached hydrogens (tertiary/aromatic N) is 1. The van der Waals surface area contributed by atoms with Crippen LogP contribution in [0.3, 0.4) is 0 Å². The first-order valence-electron chi connectivity index (χ1n) is 8.70. The maximum atomic E-state index is 5.03. The number of thioether (sulfide) groups is 1. The van der Waals surface area contributed by atoms with Gasteiger partial charge in [-0.05, 0) is 41.6 Å². The van der Waals surface area contributed by atoms with Gasteiger partial charge in [-0.3, -0.25) is 0 Å². The Bertz CT molecular complexity index is 1210. The molecule has 126 valence electrons. The first kappa shape index (κ1) is 15.5. The standard InChI is InChI=1S/C23H18N2S/c1-14-11-12-15(26-2)13-20(14)23-24-21-18-9-5-3-7-16(18)17-8-4-6-10-19(17)22(21)25-23/h3-13H,1-2H3,(H,24,25). The maximum absolute atomic E-state index is 5.03. The molecule has 4 aromatic carbocycles. The lowest BCUT2D eigenvalue weighted by Gasteiger charge is -2.05. The van der Waals surface area contributed by atoms with Gasteiger partial charge in [0.1, 0.15) is 5.82 Å². The molecule has 0 saturated heterocycles. The third-order valence-corrected chi connectivity index (χ3v) is 5.80. The fraction of sp³-hybridized carbons (Fsp3) is 0.0870. The monoisotopic (exact) mass is 354 g/mol. The van der Waals surface area contributed by atoms with Gasteiger partial charge in [0.05, 0.1) is 11.0 Å². The van der Waals surface area contributed by atoms with Crippen molar-refractivity contribution >= 4 is 44.3 Å². The largest absolute Gasteiger partial charge is 0.337 e. The van der Waals surface area contributed by atoms with Crippen molar-refractivity contribution in [1.29, 1.82) is 0 Å². The number of aromatic amines is 1. The van der Waals surface area contributed by atoms with Gasteiger partial charge < -0.3 is 4.98 Å². The Morgan fingerprint density at radius 1 is 0.808 bits per heavy atom. The summed E-state index contributed by atoms with van der Waals surface area (Å²) in [6.45, 7) is 2.14. The van der Waals surface area contributed by atoms with Crippen LogP contribution in [0.15, 0.2) is 71.6 Å². The molecule has 26 heavy (non-hydrogen) atoms. The summed E-state index contributed by atoms with van der Waals surface area (Å²) in [6.07, 6.45) is 2.11. The third-order valence-electron chi connectivity index (χ3n) is 5.07. The van der Waals surface area contributed by atoms with E-state index in [1.807, 2.05) is 0 Å². The Kier molecular flexibility index (Phi) is 3.50. The van der Waals surface area contributed by atoms with Crippen LogP contribution in [0.1, 0.15) is 5.56 Å². The molecule has 0 unspecified atom stereocenters. The second-order valence-corrected chi connectivity index (χ2v) is 7.46. The SMILES string of the molecule is CSc1ccc(C)c(-c2nc3c4ccccc4c4ccccc4c3[nH]2)c1. The van der Waals surface area contributed by atoms with Crippen molar-refractivity contribution in [3.63, 3.8) is 0 Å². The highest BCUT2D eigenvalue weighted by atomic mass is 32.2. The van der Waals surface area contributed by atoms with Crippen LogP contribution >= 0.6 is 11.8 Å². The normalized spacial score (nSPS) is 11.6. The van der Waals surface area contributed by atoms with Crippen LogP contribution in [-0.4, -0.2) is 16.2 Å². The highest BCUT2D eigenvalue weighted by Crippen LogP contribution is 2.36. The van der Waals surface area contributed by atoms with Gasteiger partial charge >= 0.3 is 0 Å². The van der Waals surface area contributed by atoms with Crippen molar-refractivity contribution in [2.45, 2.75) is 11.8 Å². The van der Waals surface area contributed by atoms with Crippen LogP contribution in [0.2, 0.25) is 0 Å². The number of hydrogen-bond donors (Lipinski definition) is 1. The van der Waals surface area contributed by atoms with Gasteiger partial charge in [0, 0.05) is 21.2 Å². The van der Waals surface area contributed by atoms with Crippen LogP contribution in [-0.2, 0) is 0 Å². The Labute approximate surface area is 156 Å². The van der Waals surface area contributed by atoms with Crippen LogP contribution < -0.4 is 0 Å². The fourth-order valence-corrected chi connectivity index (χ4v) is 4.17. The number of rotatable bonds is 2. The highest BCUT2D eigenvalue weighted by molar-refractivity contribution is 7.98. The van der Waals surface area contributed by atoms with Crippen LogP contribution in [0.5, 0.6) is 0 Å². The maximum Gasteiger partial charge on any atom is 0.138 e. The predicted octanol–water partition coefficient (Wildman–Crippen LogP) is 6.57. The first-order chi connectivity index (χ1) is 12.8. The van der Waals surface area contributed by atoms with Gasteiger partial charge in [0.15, 0.2) is 0 Å². The number of hydrogen-bond acceptors (Lipinski definition) is 2.